The SMILES string of the molecule is CCOC(=O)C1=N/C(=C/c2[nH]c(C(=O)OCC)c3ccccc23)c2ccccc21. The molecule has 0 radical (unpaired) electrons. The smallest absolute Gasteiger partial charge is 0.357 e. The van der Waals surface area contributed by atoms with Gasteiger partial charge >= 0.3 is 11.9 Å². The van der Waals surface area contributed by atoms with Gasteiger partial charge in [0, 0.05) is 27.6 Å². The number of benzene rings is 2. The van der Waals surface area contributed by atoms with Crippen molar-refractivity contribution in [3.63, 3.8) is 0 Å². The Morgan fingerprint density at radius 3 is 2.24 bits per heavy atom. The Hall–Kier alpha value is -3.67. The predicted octanol–water partition coefficient (Wildman–Crippen LogP) is 4.21. The van der Waals surface area contributed by atoms with Gasteiger partial charge in [-0.1, -0.05) is 48.5 Å². The van der Waals surface area contributed by atoms with Gasteiger partial charge < -0.3 is 14.5 Å². The third kappa shape index (κ3) is 3.33. The van der Waals surface area contributed by atoms with E-state index in [0.717, 1.165) is 27.6 Å². The maximum absolute atomic E-state index is 12.4. The summed E-state index contributed by atoms with van der Waals surface area (Å²) in [7, 11) is 0. The predicted molar refractivity (Wildman–Crippen MR) is 112 cm³/mol. The van der Waals surface area contributed by atoms with Crippen molar-refractivity contribution in [1.29, 1.82) is 0 Å². The molecule has 1 aliphatic heterocycles. The number of carbonyl (C=O) groups is 2. The van der Waals surface area contributed by atoms with Crippen LogP contribution in [0.1, 0.15) is 41.2 Å². The number of aromatic amines is 1. The fraction of sp³-hybridized carbons (Fsp3) is 0.174. The molecule has 2 heterocycles. The second-order valence-electron chi connectivity index (χ2n) is 6.44. The largest absolute Gasteiger partial charge is 0.461 e. The fourth-order valence-electron chi connectivity index (χ4n) is 3.44. The number of H-pyrrole nitrogens is 1. The monoisotopic (exact) mass is 388 g/mol. The van der Waals surface area contributed by atoms with E-state index in [0.29, 0.717) is 18.0 Å². The number of ether oxygens (including phenoxy) is 2. The molecular formula is C23H20N2O4. The number of carbonyl (C=O) groups excluding carboxylic acids is 2. The summed E-state index contributed by atoms with van der Waals surface area (Å²) in [6, 6.07) is 15.1. The van der Waals surface area contributed by atoms with Crippen LogP contribution in [-0.2, 0) is 14.3 Å². The molecule has 3 aromatic rings. The van der Waals surface area contributed by atoms with E-state index in [-0.39, 0.29) is 12.3 Å². The molecule has 146 valence electrons. The number of hydrogen-bond acceptors (Lipinski definition) is 5. The number of esters is 2. The normalized spacial score (nSPS) is 14.0. The number of aliphatic imine (C=N–C) groups is 1. The van der Waals surface area contributed by atoms with Crippen molar-refractivity contribution in [1.82, 2.24) is 4.98 Å². The molecule has 1 N–H and O–H groups in total. The Kier molecular flexibility index (Phi) is 4.99. The fourth-order valence-corrected chi connectivity index (χ4v) is 3.44. The summed E-state index contributed by atoms with van der Waals surface area (Å²) >= 11 is 0. The first-order valence-corrected chi connectivity index (χ1v) is 9.49. The lowest BCUT2D eigenvalue weighted by molar-refractivity contribution is -0.134. The highest BCUT2D eigenvalue weighted by Gasteiger charge is 2.27. The lowest BCUT2D eigenvalue weighted by Crippen LogP contribution is -2.17. The van der Waals surface area contributed by atoms with E-state index in [9.17, 15) is 9.59 Å². The average Bonchev–Trinajstić information content (AvgIpc) is 3.28. The molecule has 0 unspecified atom stereocenters. The standard InChI is InChI=1S/C23H20N2O4/c1-3-28-22(26)20-16-11-7-5-9-14(16)18(24-20)13-19-15-10-6-8-12-17(15)21(25-19)23(27)29-4-2/h5-13,24H,3-4H2,1-2H3/b19-13+. The zero-order valence-corrected chi connectivity index (χ0v) is 16.2. The molecule has 0 saturated heterocycles. The minimum Gasteiger partial charge on any atom is -0.461 e. The van der Waals surface area contributed by atoms with Crippen LogP contribution in [0.3, 0.4) is 0 Å². The van der Waals surface area contributed by atoms with Crippen molar-refractivity contribution in [3.05, 3.63) is 71.0 Å². The molecule has 0 atom stereocenters. The van der Waals surface area contributed by atoms with Gasteiger partial charge in [0.15, 0.2) is 5.71 Å². The molecule has 4 rings (SSSR count). The van der Waals surface area contributed by atoms with E-state index in [1.165, 1.54) is 0 Å². The highest BCUT2D eigenvalue weighted by molar-refractivity contribution is 6.46. The summed E-state index contributed by atoms with van der Waals surface area (Å²) in [6.07, 6.45) is 1.84. The third-order valence-electron chi connectivity index (χ3n) is 4.67. The van der Waals surface area contributed by atoms with Gasteiger partial charge in [-0.25, -0.2) is 14.6 Å². The molecule has 29 heavy (non-hydrogen) atoms. The molecule has 6 heteroatoms. The average molecular weight is 388 g/mol. The maximum Gasteiger partial charge on any atom is 0.357 e. The van der Waals surface area contributed by atoms with Crippen LogP contribution in [0, 0.1) is 0 Å². The highest BCUT2D eigenvalue weighted by Crippen LogP contribution is 2.33. The van der Waals surface area contributed by atoms with Gasteiger partial charge in [-0.15, -0.1) is 0 Å². The van der Waals surface area contributed by atoms with Crippen LogP contribution in [-0.4, -0.2) is 35.8 Å². The minimum atomic E-state index is -0.452. The number of nitrogens with zero attached hydrogens (tertiary/aromatic N) is 1. The van der Waals surface area contributed by atoms with Crippen molar-refractivity contribution < 1.29 is 19.1 Å². The molecule has 0 spiro atoms. The number of aromatic nitrogens is 1. The Bertz CT molecular complexity index is 1170. The highest BCUT2D eigenvalue weighted by atomic mass is 16.5. The summed E-state index contributed by atoms with van der Waals surface area (Å²) in [5.74, 6) is -0.859. The molecule has 0 aliphatic carbocycles. The molecule has 0 fully saturated rings. The minimum absolute atomic E-state index is 0.281. The second kappa shape index (κ2) is 7.75. The van der Waals surface area contributed by atoms with Crippen LogP contribution < -0.4 is 0 Å². The molecule has 6 nitrogen and oxygen atoms in total. The molecular weight excluding hydrogens is 368 g/mol. The third-order valence-corrected chi connectivity index (χ3v) is 4.67. The van der Waals surface area contributed by atoms with Crippen LogP contribution >= 0.6 is 0 Å². The number of nitrogens with one attached hydrogen (secondary N) is 1. The number of hydrogen-bond donors (Lipinski definition) is 1. The quantitative estimate of drug-likeness (QED) is 0.664. The Balaban J connectivity index is 1.85. The van der Waals surface area contributed by atoms with Gasteiger partial charge in [0.2, 0.25) is 0 Å². The molecule has 0 amide bonds. The first-order chi connectivity index (χ1) is 14.1. The zero-order valence-electron chi connectivity index (χ0n) is 16.2. The van der Waals surface area contributed by atoms with Gasteiger partial charge in [-0.2, -0.15) is 0 Å². The first kappa shape index (κ1) is 18.7. The molecule has 0 bridgehead atoms. The van der Waals surface area contributed by atoms with Gasteiger partial charge in [0.25, 0.3) is 0 Å². The second-order valence-corrected chi connectivity index (χ2v) is 6.44. The van der Waals surface area contributed by atoms with E-state index in [4.69, 9.17) is 9.47 Å². The van der Waals surface area contributed by atoms with E-state index >= 15 is 0 Å². The van der Waals surface area contributed by atoms with Crippen LogP contribution in [0.25, 0.3) is 22.5 Å². The van der Waals surface area contributed by atoms with Gasteiger partial charge in [0.05, 0.1) is 18.9 Å². The van der Waals surface area contributed by atoms with Gasteiger partial charge in [0.1, 0.15) is 5.69 Å². The lowest BCUT2D eigenvalue weighted by Gasteiger charge is -2.02. The summed E-state index contributed by atoms with van der Waals surface area (Å²) in [4.78, 5) is 32.4. The molecule has 1 aromatic heterocycles. The number of fused-ring (bicyclic) bond motifs is 2. The lowest BCUT2D eigenvalue weighted by atomic mass is 10.0. The number of rotatable bonds is 5. The summed E-state index contributed by atoms with van der Waals surface area (Å²) in [5.41, 5.74) is 3.62. The van der Waals surface area contributed by atoms with Gasteiger partial charge in [-0.05, 0) is 19.9 Å². The molecule has 0 saturated carbocycles. The summed E-state index contributed by atoms with van der Waals surface area (Å²) in [6.45, 7) is 4.11. The topological polar surface area (TPSA) is 80.8 Å². The van der Waals surface area contributed by atoms with E-state index in [1.54, 1.807) is 13.8 Å². The van der Waals surface area contributed by atoms with Crippen LogP contribution in [0.2, 0.25) is 0 Å². The zero-order chi connectivity index (χ0) is 20.4. The van der Waals surface area contributed by atoms with Crippen LogP contribution in [0.4, 0.5) is 0 Å². The Labute approximate surface area is 167 Å². The summed E-state index contributed by atoms with van der Waals surface area (Å²) in [5, 5.41) is 1.65. The van der Waals surface area contributed by atoms with Crippen molar-refractivity contribution in [2.75, 3.05) is 13.2 Å². The summed E-state index contributed by atoms with van der Waals surface area (Å²) < 4.78 is 10.3. The van der Waals surface area contributed by atoms with Crippen molar-refractivity contribution in [2.24, 2.45) is 4.99 Å². The molecule has 1 aliphatic rings. The van der Waals surface area contributed by atoms with Gasteiger partial charge in [-0.3, -0.25) is 0 Å². The van der Waals surface area contributed by atoms with E-state index in [2.05, 4.69) is 9.98 Å². The van der Waals surface area contributed by atoms with Crippen molar-refractivity contribution in [2.45, 2.75) is 13.8 Å². The Morgan fingerprint density at radius 1 is 0.897 bits per heavy atom. The van der Waals surface area contributed by atoms with Crippen molar-refractivity contribution >= 4 is 40.2 Å². The maximum atomic E-state index is 12.4. The van der Waals surface area contributed by atoms with Crippen LogP contribution in [0.15, 0.2) is 53.5 Å². The van der Waals surface area contributed by atoms with E-state index < -0.39 is 11.9 Å². The molecule has 2 aromatic carbocycles. The first-order valence-electron chi connectivity index (χ1n) is 9.49. The van der Waals surface area contributed by atoms with Crippen molar-refractivity contribution in [3.8, 4) is 0 Å². The Morgan fingerprint density at radius 2 is 1.52 bits per heavy atom. The van der Waals surface area contributed by atoms with E-state index in [1.807, 2.05) is 54.6 Å². The van der Waals surface area contributed by atoms with Crippen LogP contribution in [0.5, 0.6) is 0 Å².